The van der Waals surface area contributed by atoms with Crippen molar-refractivity contribution in [3.05, 3.63) is 53.6 Å². The molecule has 2 aromatic carbocycles. The monoisotopic (exact) mass is 241 g/mol. The summed E-state index contributed by atoms with van der Waals surface area (Å²) in [4.78, 5) is 10.5. The number of aryl methyl sites for hydroxylation is 1. The smallest absolute Gasteiger partial charge is 0.150 e. The van der Waals surface area contributed by atoms with Crippen molar-refractivity contribution in [3.63, 3.8) is 0 Å². The maximum atomic E-state index is 10.5. The van der Waals surface area contributed by atoms with E-state index in [9.17, 15) is 4.79 Å². The molecule has 0 aliphatic carbocycles. The maximum absolute atomic E-state index is 10.5. The van der Waals surface area contributed by atoms with Crippen molar-refractivity contribution in [2.45, 2.75) is 6.92 Å². The molecule has 2 aromatic rings. The van der Waals surface area contributed by atoms with Gasteiger partial charge in [-0.3, -0.25) is 4.79 Å². The molecule has 0 atom stereocenters. The number of carbonyl (C=O) groups is 1. The second-order valence-corrected chi connectivity index (χ2v) is 4.02. The van der Waals surface area contributed by atoms with Crippen LogP contribution in [0.3, 0.4) is 0 Å². The Hall–Kier alpha value is -2.29. The highest BCUT2D eigenvalue weighted by atomic mass is 16.5. The van der Waals surface area contributed by atoms with Crippen molar-refractivity contribution < 1.29 is 9.53 Å². The Balaban J connectivity index is 2.17. The first-order chi connectivity index (χ1) is 8.72. The molecule has 92 valence electrons. The van der Waals surface area contributed by atoms with Crippen LogP contribution in [0.15, 0.2) is 42.5 Å². The predicted molar refractivity (Wildman–Crippen MR) is 72.6 cm³/mol. The molecule has 1 N–H and O–H groups in total. The van der Waals surface area contributed by atoms with Gasteiger partial charge in [-0.25, -0.2) is 0 Å². The van der Waals surface area contributed by atoms with Gasteiger partial charge in [-0.15, -0.1) is 0 Å². The van der Waals surface area contributed by atoms with E-state index >= 15 is 0 Å². The van der Waals surface area contributed by atoms with Crippen LogP contribution in [-0.2, 0) is 0 Å². The molecule has 0 heterocycles. The zero-order valence-corrected chi connectivity index (χ0v) is 10.4. The number of hydrogen-bond acceptors (Lipinski definition) is 3. The largest absolute Gasteiger partial charge is 0.457 e. The third-order valence-corrected chi connectivity index (χ3v) is 2.72. The van der Waals surface area contributed by atoms with Crippen molar-refractivity contribution in [1.29, 1.82) is 0 Å². The van der Waals surface area contributed by atoms with Crippen LogP contribution in [0, 0.1) is 6.92 Å². The molecule has 3 nitrogen and oxygen atoms in total. The molecular weight excluding hydrogens is 226 g/mol. The van der Waals surface area contributed by atoms with E-state index in [1.54, 1.807) is 24.3 Å². The van der Waals surface area contributed by atoms with Crippen LogP contribution in [-0.4, -0.2) is 13.3 Å². The van der Waals surface area contributed by atoms with Crippen molar-refractivity contribution in [2.75, 3.05) is 12.4 Å². The van der Waals surface area contributed by atoms with E-state index in [1.807, 2.05) is 32.2 Å². The second-order valence-electron chi connectivity index (χ2n) is 4.02. The number of benzene rings is 2. The Bertz CT molecular complexity index is 547. The summed E-state index contributed by atoms with van der Waals surface area (Å²) in [5.41, 5.74) is 2.85. The summed E-state index contributed by atoms with van der Waals surface area (Å²) < 4.78 is 5.71. The lowest BCUT2D eigenvalue weighted by Gasteiger charge is -2.09. The minimum absolute atomic E-state index is 0.643. The van der Waals surface area contributed by atoms with E-state index in [1.165, 1.54) is 0 Å². The average molecular weight is 241 g/mol. The molecule has 0 unspecified atom stereocenters. The standard InChI is InChI=1S/C15H15NO2/c1-11-9-14(7-8-15(11)16-2)18-13-5-3-12(10-17)4-6-13/h3-10,16H,1-2H3. The first-order valence-electron chi connectivity index (χ1n) is 5.74. The van der Waals surface area contributed by atoms with E-state index in [0.29, 0.717) is 5.56 Å². The molecule has 0 saturated carbocycles. The van der Waals surface area contributed by atoms with Gasteiger partial charge in [0, 0.05) is 18.3 Å². The van der Waals surface area contributed by atoms with Gasteiger partial charge in [0.05, 0.1) is 0 Å². The lowest BCUT2D eigenvalue weighted by molar-refractivity contribution is 0.112. The van der Waals surface area contributed by atoms with Gasteiger partial charge < -0.3 is 10.1 Å². The Morgan fingerprint density at radius 2 is 1.72 bits per heavy atom. The summed E-state index contributed by atoms with van der Waals surface area (Å²) in [6.45, 7) is 2.02. The van der Waals surface area contributed by atoms with Crippen LogP contribution >= 0.6 is 0 Å². The molecule has 0 bridgehead atoms. The van der Waals surface area contributed by atoms with E-state index in [-0.39, 0.29) is 0 Å². The highest BCUT2D eigenvalue weighted by Gasteiger charge is 2.01. The van der Waals surface area contributed by atoms with Crippen molar-refractivity contribution in [2.24, 2.45) is 0 Å². The molecular formula is C15H15NO2. The number of ether oxygens (including phenoxy) is 1. The Morgan fingerprint density at radius 3 is 2.28 bits per heavy atom. The van der Waals surface area contributed by atoms with Gasteiger partial charge >= 0.3 is 0 Å². The van der Waals surface area contributed by atoms with Crippen LogP contribution in [0.2, 0.25) is 0 Å². The Morgan fingerprint density at radius 1 is 1.06 bits per heavy atom. The van der Waals surface area contributed by atoms with Gasteiger partial charge in [-0.2, -0.15) is 0 Å². The molecule has 3 heteroatoms. The molecule has 0 aliphatic rings. The van der Waals surface area contributed by atoms with Crippen molar-refractivity contribution in [3.8, 4) is 11.5 Å². The molecule has 0 amide bonds. The number of rotatable bonds is 4. The van der Waals surface area contributed by atoms with Crippen molar-refractivity contribution in [1.82, 2.24) is 0 Å². The fourth-order valence-electron chi connectivity index (χ4n) is 1.73. The summed E-state index contributed by atoms with van der Waals surface area (Å²) in [6, 6.07) is 12.9. The topological polar surface area (TPSA) is 38.3 Å². The summed E-state index contributed by atoms with van der Waals surface area (Å²) >= 11 is 0. The van der Waals surface area contributed by atoms with E-state index < -0.39 is 0 Å². The van der Waals surface area contributed by atoms with Crippen LogP contribution in [0.1, 0.15) is 15.9 Å². The second kappa shape index (κ2) is 5.36. The van der Waals surface area contributed by atoms with Crippen LogP contribution in [0.5, 0.6) is 11.5 Å². The van der Waals surface area contributed by atoms with E-state index in [4.69, 9.17) is 4.74 Å². The number of nitrogens with one attached hydrogen (secondary N) is 1. The van der Waals surface area contributed by atoms with E-state index in [2.05, 4.69) is 5.32 Å². The van der Waals surface area contributed by atoms with Gasteiger partial charge in [0.15, 0.2) is 0 Å². The molecule has 0 aliphatic heterocycles. The van der Waals surface area contributed by atoms with Crippen molar-refractivity contribution >= 4 is 12.0 Å². The average Bonchev–Trinajstić information content (AvgIpc) is 2.40. The number of carbonyl (C=O) groups excluding carboxylic acids is 1. The van der Waals surface area contributed by atoms with Gasteiger partial charge in [0.25, 0.3) is 0 Å². The third kappa shape index (κ3) is 2.69. The molecule has 0 radical (unpaired) electrons. The molecule has 0 saturated heterocycles. The third-order valence-electron chi connectivity index (χ3n) is 2.72. The Kier molecular flexibility index (Phi) is 3.63. The molecule has 0 spiro atoms. The number of hydrogen-bond donors (Lipinski definition) is 1. The number of aldehydes is 1. The lowest BCUT2D eigenvalue weighted by atomic mass is 10.2. The van der Waals surface area contributed by atoms with Crippen LogP contribution in [0.4, 0.5) is 5.69 Å². The molecule has 18 heavy (non-hydrogen) atoms. The minimum Gasteiger partial charge on any atom is -0.457 e. The fraction of sp³-hybridized carbons (Fsp3) is 0.133. The lowest BCUT2D eigenvalue weighted by Crippen LogP contribution is -1.92. The van der Waals surface area contributed by atoms with E-state index in [0.717, 1.165) is 29.0 Å². The zero-order chi connectivity index (χ0) is 13.0. The number of anilines is 1. The summed E-state index contributed by atoms with van der Waals surface area (Å²) in [5.74, 6) is 1.50. The quantitative estimate of drug-likeness (QED) is 0.830. The summed E-state index contributed by atoms with van der Waals surface area (Å²) in [5, 5.41) is 3.11. The van der Waals surface area contributed by atoms with Gasteiger partial charge in [-0.05, 0) is 55.0 Å². The highest BCUT2D eigenvalue weighted by Crippen LogP contribution is 2.25. The molecule has 0 aromatic heterocycles. The minimum atomic E-state index is 0.643. The fourth-order valence-corrected chi connectivity index (χ4v) is 1.73. The van der Waals surface area contributed by atoms with Crippen LogP contribution < -0.4 is 10.1 Å². The normalized spacial score (nSPS) is 9.89. The van der Waals surface area contributed by atoms with Gasteiger partial charge in [0.1, 0.15) is 17.8 Å². The first kappa shape index (κ1) is 12.2. The highest BCUT2D eigenvalue weighted by molar-refractivity contribution is 5.74. The molecule has 2 rings (SSSR count). The first-order valence-corrected chi connectivity index (χ1v) is 5.74. The van der Waals surface area contributed by atoms with Crippen LogP contribution in [0.25, 0.3) is 0 Å². The Labute approximate surface area is 106 Å². The van der Waals surface area contributed by atoms with Gasteiger partial charge in [-0.1, -0.05) is 0 Å². The SMILES string of the molecule is CNc1ccc(Oc2ccc(C=O)cc2)cc1C. The summed E-state index contributed by atoms with van der Waals surface area (Å²) in [6.07, 6.45) is 0.815. The predicted octanol–water partition coefficient (Wildman–Crippen LogP) is 3.64. The summed E-state index contributed by atoms with van der Waals surface area (Å²) in [7, 11) is 1.89. The maximum Gasteiger partial charge on any atom is 0.150 e. The zero-order valence-electron chi connectivity index (χ0n) is 10.4. The van der Waals surface area contributed by atoms with Gasteiger partial charge in [0.2, 0.25) is 0 Å². The molecule has 0 fully saturated rings.